The Morgan fingerprint density at radius 3 is 1.41 bits per heavy atom. The molecular weight excluding hydrogens is 330 g/mol. The second-order valence-corrected chi connectivity index (χ2v) is 9.70. The highest BCUT2D eigenvalue weighted by Crippen LogP contribution is 2.13. The summed E-state index contributed by atoms with van der Waals surface area (Å²) in [7, 11) is 0. The van der Waals surface area contributed by atoms with Gasteiger partial charge in [0.2, 0.25) is 0 Å². The van der Waals surface area contributed by atoms with Crippen LogP contribution in [-0.2, 0) is 0 Å². The fourth-order valence-corrected chi connectivity index (χ4v) is 2.53. The van der Waals surface area contributed by atoms with Crippen LogP contribution in [0.2, 0.25) is 0 Å². The molecule has 3 nitrogen and oxygen atoms in total. The molecule has 0 aromatic rings. The minimum absolute atomic E-state index is 0.392. The van der Waals surface area contributed by atoms with Crippen LogP contribution in [0.4, 0.5) is 0 Å². The Morgan fingerprint density at radius 2 is 1.07 bits per heavy atom. The summed E-state index contributed by atoms with van der Waals surface area (Å²) in [5, 5.41) is 0. The van der Waals surface area contributed by atoms with Gasteiger partial charge in [-0.15, -0.1) is 0 Å². The molecule has 0 heterocycles. The van der Waals surface area contributed by atoms with Crippen LogP contribution in [0.1, 0.15) is 107 Å². The van der Waals surface area contributed by atoms with Crippen LogP contribution in [0.15, 0.2) is 0 Å². The molecule has 6 N–H and O–H groups in total. The van der Waals surface area contributed by atoms with Crippen molar-refractivity contribution >= 4 is 0 Å². The summed E-state index contributed by atoms with van der Waals surface area (Å²) in [5.74, 6) is 3.94. The molecule has 0 saturated heterocycles. The molecule has 168 valence electrons. The summed E-state index contributed by atoms with van der Waals surface area (Å²) in [6.45, 7) is 21.7. The summed E-state index contributed by atoms with van der Waals surface area (Å²) in [5.41, 5.74) is 16.5. The molecule has 0 aliphatic carbocycles. The lowest BCUT2D eigenvalue weighted by Crippen LogP contribution is -2.14. The van der Waals surface area contributed by atoms with Crippen molar-refractivity contribution in [3.05, 3.63) is 0 Å². The molecule has 0 saturated carbocycles. The smallest absolute Gasteiger partial charge is 0.00104 e. The van der Waals surface area contributed by atoms with Gasteiger partial charge in [0.1, 0.15) is 0 Å². The van der Waals surface area contributed by atoms with Crippen LogP contribution in [0.5, 0.6) is 0 Å². The van der Waals surface area contributed by atoms with E-state index in [4.69, 9.17) is 17.2 Å². The van der Waals surface area contributed by atoms with E-state index in [1.165, 1.54) is 44.9 Å². The van der Waals surface area contributed by atoms with E-state index in [1.54, 1.807) is 0 Å². The van der Waals surface area contributed by atoms with Crippen LogP contribution in [-0.4, -0.2) is 19.1 Å². The predicted octanol–water partition coefficient (Wildman–Crippen LogP) is 6.19. The first-order valence-electron chi connectivity index (χ1n) is 11.6. The highest BCUT2D eigenvalue weighted by atomic mass is 14.6. The molecule has 0 aliphatic rings. The molecule has 0 bridgehead atoms. The van der Waals surface area contributed by atoms with Crippen molar-refractivity contribution in [2.45, 2.75) is 113 Å². The minimum atomic E-state index is 0.392. The zero-order valence-corrected chi connectivity index (χ0v) is 20.6. The normalized spacial score (nSPS) is 15.3. The summed E-state index contributed by atoms with van der Waals surface area (Å²) < 4.78 is 0. The van der Waals surface area contributed by atoms with Crippen molar-refractivity contribution in [3.63, 3.8) is 0 Å². The van der Waals surface area contributed by atoms with Gasteiger partial charge in [-0.2, -0.15) is 0 Å². The molecule has 0 amide bonds. The summed E-state index contributed by atoms with van der Waals surface area (Å²) in [6.07, 6.45) is 8.96. The highest BCUT2D eigenvalue weighted by molar-refractivity contribution is 4.58. The molecule has 4 atom stereocenters. The maximum absolute atomic E-state index is 5.58. The van der Waals surface area contributed by atoms with Crippen molar-refractivity contribution in [2.75, 3.05) is 13.1 Å². The van der Waals surface area contributed by atoms with Gasteiger partial charge < -0.3 is 17.2 Å². The molecule has 27 heavy (non-hydrogen) atoms. The quantitative estimate of drug-likeness (QED) is 0.373. The van der Waals surface area contributed by atoms with Crippen LogP contribution in [0.3, 0.4) is 0 Å². The lowest BCUT2D eigenvalue weighted by molar-refractivity contribution is 0.412. The van der Waals surface area contributed by atoms with Gasteiger partial charge in [-0.25, -0.2) is 0 Å². The van der Waals surface area contributed by atoms with Gasteiger partial charge in [-0.1, -0.05) is 81.1 Å². The number of rotatable bonds is 12. The molecule has 0 radical (unpaired) electrons. The number of hydrogen-bond donors (Lipinski definition) is 3. The van der Waals surface area contributed by atoms with E-state index in [-0.39, 0.29) is 0 Å². The Labute approximate surface area is 173 Å². The molecule has 0 aromatic heterocycles. The molecule has 0 rings (SSSR count). The topological polar surface area (TPSA) is 78.1 Å². The Morgan fingerprint density at radius 1 is 0.593 bits per heavy atom. The Hall–Kier alpha value is -0.120. The molecule has 0 fully saturated rings. The Balaban J connectivity index is -0.000000320. The third-order valence-electron chi connectivity index (χ3n) is 4.98. The second kappa shape index (κ2) is 22.2. The number of hydrogen-bond acceptors (Lipinski definition) is 3. The number of nitrogens with two attached hydrogens (primary N) is 3. The first kappa shape index (κ1) is 31.6. The van der Waals surface area contributed by atoms with Gasteiger partial charge in [0.25, 0.3) is 0 Å². The zero-order valence-electron chi connectivity index (χ0n) is 20.6. The Bertz CT molecular complexity index is 248. The SMILES string of the molecule is CC(C)CCC(C)CN.CC(C)CCCC(C)N.CCC(C)CC(C)CN. The lowest BCUT2D eigenvalue weighted by atomic mass is 9.96. The van der Waals surface area contributed by atoms with E-state index in [0.717, 1.165) is 30.8 Å². The van der Waals surface area contributed by atoms with Crippen molar-refractivity contribution in [1.29, 1.82) is 0 Å². The largest absolute Gasteiger partial charge is 0.330 e. The van der Waals surface area contributed by atoms with Crippen molar-refractivity contribution < 1.29 is 0 Å². The molecule has 3 heteroatoms. The maximum Gasteiger partial charge on any atom is 0.00104 e. The summed E-state index contributed by atoms with van der Waals surface area (Å²) >= 11 is 0. The van der Waals surface area contributed by atoms with E-state index in [1.807, 2.05) is 0 Å². The molecule has 4 unspecified atom stereocenters. The van der Waals surface area contributed by atoms with E-state index >= 15 is 0 Å². The fraction of sp³-hybridized carbons (Fsp3) is 1.00. The van der Waals surface area contributed by atoms with Crippen molar-refractivity contribution in [1.82, 2.24) is 0 Å². The molecule has 0 spiro atoms. The van der Waals surface area contributed by atoms with Gasteiger partial charge in [0.15, 0.2) is 0 Å². The van der Waals surface area contributed by atoms with Gasteiger partial charge >= 0.3 is 0 Å². The first-order chi connectivity index (χ1) is 12.5. The third kappa shape index (κ3) is 33.9. The van der Waals surface area contributed by atoms with Crippen LogP contribution >= 0.6 is 0 Å². The van der Waals surface area contributed by atoms with E-state index in [0.29, 0.717) is 17.9 Å². The molecule has 0 aliphatic heterocycles. The first-order valence-corrected chi connectivity index (χ1v) is 11.6. The van der Waals surface area contributed by atoms with Crippen LogP contribution in [0.25, 0.3) is 0 Å². The van der Waals surface area contributed by atoms with E-state index in [9.17, 15) is 0 Å². The van der Waals surface area contributed by atoms with Gasteiger partial charge in [-0.05, 0) is 68.9 Å². The minimum Gasteiger partial charge on any atom is -0.330 e. The standard InChI is InChI=1S/3C8H19N/c1-7(2)4-5-8(3)6-9;1-7(2)5-4-6-8(3)9;1-4-7(2)5-8(3)6-9/h3*7-8H,4-6,9H2,1-3H3. The third-order valence-corrected chi connectivity index (χ3v) is 4.98. The lowest BCUT2D eigenvalue weighted by Gasteiger charge is -2.12. The van der Waals surface area contributed by atoms with E-state index in [2.05, 4.69) is 62.3 Å². The van der Waals surface area contributed by atoms with Gasteiger partial charge in [0, 0.05) is 6.04 Å². The molecule has 0 aromatic carbocycles. The van der Waals surface area contributed by atoms with Crippen molar-refractivity contribution in [2.24, 2.45) is 46.8 Å². The average Bonchev–Trinajstić information content (AvgIpc) is 2.59. The Kier molecular flexibility index (Phi) is 25.9. The van der Waals surface area contributed by atoms with Gasteiger partial charge in [0.05, 0.1) is 0 Å². The van der Waals surface area contributed by atoms with Crippen LogP contribution in [0, 0.1) is 29.6 Å². The molecular formula is C24H57N3. The second-order valence-electron chi connectivity index (χ2n) is 9.70. The average molecular weight is 388 g/mol. The van der Waals surface area contributed by atoms with Gasteiger partial charge in [-0.3, -0.25) is 0 Å². The predicted molar refractivity (Wildman–Crippen MR) is 127 cm³/mol. The monoisotopic (exact) mass is 387 g/mol. The summed E-state index contributed by atoms with van der Waals surface area (Å²) in [6, 6.07) is 0.392. The highest BCUT2D eigenvalue weighted by Gasteiger charge is 2.03. The summed E-state index contributed by atoms with van der Waals surface area (Å²) in [4.78, 5) is 0. The fourth-order valence-electron chi connectivity index (χ4n) is 2.53. The van der Waals surface area contributed by atoms with E-state index < -0.39 is 0 Å². The zero-order chi connectivity index (χ0) is 21.8. The maximum atomic E-state index is 5.58. The van der Waals surface area contributed by atoms with Crippen LogP contribution < -0.4 is 17.2 Å². The van der Waals surface area contributed by atoms with Crippen molar-refractivity contribution in [3.8, 4) is 0 Å².